The highest BCUT2D eigenvalue weighted by Gasteiger charge is 2.39. The molecule has 16 heteroatoms. The number of aliphatic hydroxyl groups excluding tert-OH is 1. The Morgan fingerprint density at radius 2 is 1.68 bits per heavy atom. The summed E-state index contributed by atoms with van der Waals surface area (Å²) in [6, 6.07) is 8.29. The SMILES string of the molecule is CC(Oc1ccc(-c2nc3c(c(=O)[nH]c(=O)n3CC(O)C(F)(F)F)n2C)cc1OC(F)(F)F)c1ccc(F)cc1. The lowest BCUT2D eigenvalue weighted by atomic mass is 10.1. The van der Waals surface area contributed by atoms with Crippen molar-refractivity contribution >= 4 is 11.2 Å². The van der Waals surface area contributed by atoms with E-state index in [1.54, 1.807) is 0 Å². The second-order valence-corrected chi connectivity index (χ2v) is 8.61. The van der Waals surface area contributed by atoms with Crippen LogP contribution in [0.5, 0.6) is 11.5 Å². The van der Waals surface area contributed by atoms with Crippen molar-refractivity contribution in [2.75, 3.05) is 0 Å². The molecular weight excluding hydrogens is 557 g/mol. The molecule has 4 aromatic rings. The number of hydrogen-bond donors (Lipinski definition) is 2. The minimum atomic E-state index is -5.16. The number of benzene rings is 2. The summed E-state index contributed by atoms with van der Waals surface area (Å²) in [5, 5.41) is 9.46. The Morgan fingerprint density at radius 1 is 1.02 bits per heavy atom. The number of halogens is 7. The van der Waals surface area contributed by atoms with E-state index in [0.29, 0.717) is 10.1 Å². The van der Waals surface area contributed by atoms with Gasteiger partial charge in [-0.3, -0.25) is 14.3 Å². The van der Waals surface area contributed by atoms with E-state index in [0.717, 1.165) is 28.8 Å². The van der Waals surface area contributed by atoms with Gasteiger partial charge in [0.25, 0.3) is 5.56 Å². The molecule has 214 valence electrons. The van der Waals surface area contributed by atoms with E-state index in [4.69, 9.17) is 4.74 Å². The van der Waals surface area contributed by atoms with Crippen molar-refractivity contribution in [2.45, 2.75) is 38.2 Å². The lowest BCUT2D eigenvalue weighted by Crippen LogP contribution is -2.39. The first kappa shape index (κ1) is 28.7. The van der Waals surface area contributed by atoms with E-state index in [2.05, 4.69) is 9.72 Å². The Morgan fingerprint density at radius 3 is 2.27 bits per heavy atom. The molecule has 0 aliphatic carbocycles. The topological polar surface area (TPSA) is 111 Å². The molecule has 9 nitrogen and oxygen atoms in total. The zero-order chi connectivity index (χ0) is 29.6. The van der Waals surface area contributed by atoms with Crippen molar-refractivity contribution in [3.05, 3.63) is 74.7 Å². The smallest absolute Gasteiger partial charge is 0.482 e. The van der Waals surface area contributed by atoms with Gasteiger partial charge in [0.2, 0.25) is 0 Å². The molecule has 0 aliphatic heterocycles. The maximum absolute atomic E-state index is 13.2. The lowest BCUT2D eigenvalue weighted by Gasteiger charge is -2.19. The molecule has 0 spiro atoms. The van der Waals surface area contributed by atoms with Gasteiger partial charge in [0.05, 0.1) is 6.54 Å². The number of fused-ring (bicyclic) bond motifs is 1. The van der Waals surface area contributed by atoms with Crippen LogP contribution in [0.25, 0.3) is 22.6 Å². The standard InChI is InChI=1S/C24H19F7N4O5/c1-11(12-3-6-14(25)7-4-12)39-15-8-5-13(9-16(15)40-24(29,30)31)19-32-20-18(34(19)2)21(37)33-22(38)35(20)10-17(36)23(26,27)28/h3-9,11,17,36H,10H2,1-2H3,(H,33,37,38). The Bertz CT molecular complexity index is 1660. The van der Waals surface area contributed by atoms with Crippen LogP contribution in [-0.2, 0) is 13.6 Å². The van der Waals surface area contributed by atoms with Gasteiger partial charge in [-0.15, -0.1) is 13.2 Å². The predicted molar refractivity (Wildman–Crippen MR) is 125 cm³/mol. The van der Waals surface area contributed by atoms with E-state index in [9.17, 15) is 45.4 Å². The minimum Gasteiger partial charge on any atom is -0.482 e. The molecule has 4 rings (SSSR count). The molecule has 0 aliphatic rings. The van der Waals surface area contributed by atoms with E-state index >= 15 is 0 Å². The number of ether oxygens (including phenoxy) is 2. The number of nitrogens with one attached hydrogen (secondary N) is 1. The molecule has 40 heavy (non-hydrogen) atoms. The number of aromatic amines is 1. The number of rotatable bonds is 7. The molecule has 0 bridgehead atoms. The fraction of sp³-hybridized carbons (Fsp3) is 0.292. The van der Waals surface area contributed by atoms with Crippen molar-refractivity contribution in [2.24, 2.45) is 7.05 Å². The maximum Gasteiger partial charge on any atom is 0.573 e. The summed E-state index contributed by atoms with van der Waals surface area (Å²) in [6.45, 7) is 0.202. The molecule has 2 heterocycles. The zero-order valence-electron chi connectivity index (χ0n) is 20.5. The van der Waals surface area contributed by atoms with Gasteiger partial charge in [0.15, 0.2) is 28.8 Å². The molecule has 2 aromatic carbocycles. The van der Waals surface area contributed by atoms with Crippen LogP contribution in [0, 0.1) is 5.82 Å². The van der Waals surface area contributed by atoms with E-state index < -0.39 is 59.8 Å². The third kappa shape index (κ3) is 5.95. The van der Waals surface area contributed by atoms with Crippen LogP contribution < -0.4 is 20.7 Å². The molecule has 0 saturated heterocycles. The number of aromatic nitrogens is 4. The second kappa shape index (κ2) is 10.3. The van der Waals surface area contributed by atoms with Gasteiger partial charge in [0, 0.05) is 12.6 Å². The molecule has 0 fully saturated rings. The van der Waals surface area contributed by atoms with Gasteiger partial charge in [0.1, 0.15) is 17.7 Å². The number of alkyl halides is 6. The summed E-state index contributed by atoms with van der Waals surface area (Å²) in [4.78, 5) is 30.6. The van der Waals surface area contributed by atoms with E-state index in [-0.39, 0.29) is 22.7 Å². The van der Waals surface area contributed by atoms with Crippen LogP contribution in [0.3, 0.4) is 0 Å². The first-order chi connectivity index (χ1) is 18.5. The quantitative estimate of drug-likeness (QED) is 0.320. The zero-order valence-corrected chi connectivity index (χ0v) is 20.5. The van der Waals surface area contributed by atoms with Gasteiger partial charge in [-0.2, -0.15) is 13.2 Å². The van der Waals surface area contributed by atoms with Crippen LogP contribution in [-0.4, -0.2) is 42.9 Å². The average molecular weight is 576 g/mol. The summed E-state index contributed by atoms with van der Waals surface area (Å²) in [5.74, 6) is -1.92. The van der Waals surface area contributed by atoms with Gasteiger partial charge in [-0.25, -0.2) is 14.2 Å². The van der Waals surface area contributed by atoms with Crippen LogP contribution in [0.4, 0.5) is 30.7 Å². The third-order valence-corrected chi connectivity index (χ3v) is 5.82. The van der Waals surface area contributed by atoms with Gasteiger partial charge < -0.3 is 19.1 Å². The maximum atomic E-state index is 13.2. The Balaban J connectivity index is 1.81. The van der Waals surface area contributed by atoms with Crippen molar-refractivity contribution in [1.82, 2.24) is 19.1 Å². The fourth-order valence-corrected chi connectivity index (χ4v) is 3.89. The van der Waals surface area contributed by atoms with Crippen LogP contribution in [0.1, 0.15) is 18.6 Å². The summed E-state index contributed by atoms with van der Waals surface area (Å²) >= 11 is 0. The van der Waals surface area contributed by atoms with Crippen molar-refractivity contribution in [3.8, 4) is 22.9 Å². The molecule has 2 N–H and O–H groups in total. The molecule has 0 amide bonds. The molecular formula is C24H19F7N4O5. The van der Waals surface area contributed by atoms with Crippen molar-refractivity contribution in [3.63, 3.8) is 0 Å². The summed E-state index contributed by atoms with van der Waals surface area (Å²) in [5.41, 5.74) is -2.89. The molecule has 2 unspecified atom stereocenters. The average Bonchev–Trinajstić information content (AvgIpc) is 3.19. The Kier molecular flexibility index (Phi) is 7.40. The van der Waals surface area contributed by atoms with E-state index in [1.807, 2.05) is 4.98 Å². The molecule has 2 atom stereocenters. The van der Waals surface area contributed by atoms with Gasteiger partial charge >= 0.3 is 18.2 Å². The van der Waals surface area contributed by atoms with Gasteiger partial charge in [-0.05, 0) is 42.8 Å². The second-order valence-electron chi connectivity index (χ2n) is 8.61. The van der Waals surface area contributed by atoms with Crippen molar-refractivity contribution in [1.29, 1.82) is 0 Å². The molecule has 0 saturated carbocycles. The fourth-order valence-electron chi connectivity index (χ4n) is 3.89. The largest absolute Gasteiger partial charge is 0.573 e. The normalized spacial score (nSPS) is 13.8. The number of aliphatic hydroxyl groups is 1. The van der Waals surface area contributed by atoms with Crippen molar-refractivity contribution < 1.29 is 45.3 Å². The highest BCUT2D eigenvalue weighted by Crippen LogP contribution is 2.38. The number of aryl methyl sites for hydroxylation is 1. The summed E-state index contributed by atoms with van der Waals surface area (Å²) in [6.07, 6.45) is -14.1. The number of imidazole rings is 1. The predicted octanol–water partition coefficient (Wildman–Crippen LogP) is 4.19. The highest BCUT2D eigenvalue weighted by molar-refractivity contribution is 5.77. The third-order valence-electron chi connectivity index (χ3n) is 5.82. The highest BCUT2D eigenvalue weighted by atomic mass is 19.4. The summed E-state index contributed by atoms with van der Waals surface area (Å²) in [7, 11) is 1.25. The van der Waals surface area contributed by atoms with Crippen LogP contribution in [0.2, 0.25) is 0 Å². The Labute approximate surface area is 219 Å². The monoisotopic (exact) mass is 576 g/mol. The Hall–Kier alpha value is -4.34. The number of hydrogen-bond acceptors (Lipinski definition) is 6. The first-order valence-electron chi connectivity index (χ1n) is 11.3. The number of H-pyrrole nitrogens is 1. The van der Waals surface area contributed by atoms with Crippen LogP contribution >= 0.6 is 0 Å². The molecule has 2 aromatic heterocycles. The molecule has 0 radical (unpaired) electrons. The minimum absolute atomic E-state index is 0.0884. The lowest BCUT2D eigenvalue weighted by molar-refractivity contribution is -0.275. The first-order valence-corrected chi connectivity index (χ1v) is 11.3. The van der Waals surface area contributed by atoms with Gasteiger partial charge in [-0.1, -0.05) is 12.1 Å². The van der Waals surface area contributed by atoms with E-state index in [1.165, 1.54) is 32.2 Å². The summed E-state index contributed by atoms with van der Waals surface area (Å²) < 4.78 is 103. The number of nitrogens with zero attached hydrogens (tertiary/aromatic N) is 3. The van der Waals surface area contributed by atoms with Crippen LogP contribution in [0.15, 0.2) is 52.1 Å².